The van der Waals surface area contributed by atoms with E-state index in [0.29, 0.717) is 46.5 Å². The van der Waals surface area contributed by atoms with Gasteiger partial charge in [0.05, 0.1) is 17.1 Å². The number of aryl methyl sites for hydroxylation is 1. The fourth-order valence-electron chi connectivity index (χ4n) is 4.94. The van der Waals surface area contributed by atoms with E-state index in [2.05, 4.69) is 54.3 Å². The van der Waals surface area contributed by atoms with Gasteiger partial charge in [0.1, 0.15) is 11.3 Å². The number of pyridine rings is 1. The summed E-state index contributed by atoms with van der Waals surface area (Å²) in [6, 6.07) is 23.5. The van der Waals surface area contributed by atoms with Crippen LogP contribution in [0.25, 0.3) is 38.9 Å². The van der Waals surface area contributed by atoms with Crippen molar-refractivity contribution < 1.29 is 4.52 Å². The second kappa shape index (κ2) is 9.69. The van der Waals surface area contributed by atoms with E-state index in [1.807, 2.05) is 28.8 Å². The molecule has 0 aliphatic carbocycles. The summed E-state index contributed by atoms with van der Waals surface area (Å²) in [6.45, 7) is 6.56. The van der Waals surface area contributed by atoms with Gasteiger partial charge in [-0.25, -0.2) is 4.98 Å². The molecule has 6 rings (SSSR count). The average Bonchev–Trinajstić information content (AvgIpc) is 3.52. The number of nitriles is 1. The van der Waals surface area contributed by atoms with Crippen LogP contribution in [-0.2, 0) is 13.0 Å². The van der Waals surface area contributed by atoms with Gasteiger partial charge in [-0.05, 0) is 58.7 Å². The standard InChI is InChI=1S/C31H26N6O2/c1-19(2)13-28-34-27-11-12-36(26-6-4-5-21(15-26)17-32)31(38)29(27)37(28)18-22-7-8-23-9-10-24(16-25(23)14-22)30-33-20(3)39-35-30/h4-12,14-16,19H,13,18H2,1-3H3. The summed E-state index contributed by atoms with van der Waals surface area (Å²) >= 11 is 0. The highest BCUT2D eigenvalue weighted by molar-refractivity contribution is 5.87. The third kappa shape index (κ3) is 4.59. The highest BCUT2D eigenvalue weighted by Crippen LogP contribution is 2.25. The predicted molar refractivity (Wildman–Crippen MR) is 150 cm³/mol. The smallest absolute Gasteiger partial charge is 0.281 e. The topological polar surface area (TPSA) is 103 Å². The molecule has 3 aromatic heterocycles. The molecule has 0 saturated carbocycles. The average molecular weight is 515 g/mol. The Labute approximate surface area is 224 Å². The third-order valence-electron chi connectivity index (χ3n) is 6.75. The van der Waals surface area contributed by atoms with Crippen molar-refractivity contribution in [3.8, 4) is 23.1 Å². The van der Waals surface area contributed by atoms with Crippen molar-refractivity contribution in [2.45, 2.75) is 33.7 Å². The molecule has 3 aromatic carbocycles. The molecule has 0 saturated heterocycles. The molecule has 0 amide bonds. The molecule has 3 heterocycles. The van der Waals surface area contributed by atoms with Crippen LogP contribution >= 0.6 is 0 Å². The van der Waals surface area contributed by atoms with Crippen LogP contribution in [0.4, 0.5) is 0 Å². The minimum Gasteiger partial charge on any atom is -0.339 e. The first-order chi connectivity index (χ1) is 18.9. The summed E-state index contributed by atoms with van der Waals surface area (Å²) in [5.41, 5.74) is 4.13. The first-order valence-electron chi connectivity index (χ1n) is 12.8. The van der Waals surface area contributed by atoms with E-state index in [1.165, 1.54) is 0 Å². The lowest BCUT2D eigenvalue weighted by Gasteiger charge is -2.13. The van der Waals surface area contributed by atoms with Crippen LogP contribution in [0.15, 0.2) is 82.2 Å². The van der Waals surface area contributed by atoms with E-state index in [4.69, 9.17) is 9.51 Å². The summed E-state index contributed by atoms with van der Waals surface area (Å²) in [5.74, 6) is 2.32. The van der Waals surface area contributed by atoms with Gasteiger partial charge < -0.3 is 9.09 Å². The largest absolute Gasteiger partial charge is 0.339 e. The molecule has 0 bridgehead atoms. The van der Waals surface area contributed by atoms with Crippen LogP contribution in [0.1, 0.15) is 36.7 Å². The number of benzene rings is 3. The van der Waals surface area contributed by atoms with E-state index >= 15 is 0 Å². The Balaban J connectivity index is 1.47. The van der Waals surface area contributed by atoms with Gasteiger partial charge in [-0.3, -0.25) is 9.36 Å². The molecule has 8 heteroatoms. The maximum absolute atomic E-state index is 13.9. The van der Waals surface area contributed by atoms with Crippen molar-refractivity contribution in [1.82, 2.24) is 24.3 Å². The molecule has 0 N–H and O–H groups in total. The zero-order valence-corrected chi connectivity index (χ0v) is 21.9. The number of fused-ring (bicyclic) bond motifs is 2. The quantitative estimate of drug-likeness (QED) is 0.278. The lowest BCUT2D eigenvalue weighted by Crippen LogP contribution is -2.21. The number of hydrogen-bond donors (Lipinski definition) is 0. The van der Waals surface area contributed by atoms with Crippen LogP contribution in [0.5, 0.6) is 0 Å². The van der Waals surface area contributed by atoms with Gasteiger partial charge in [-0.1, -0.05) is 49.3 Å². The van der Waals surface area contributed by atoms with E-state index in [0.717, 1.165) is 34.1 Å². The molecule has 0 fully saturated rings. The first-order valence-corrected chi connectivity index (χ1v) is 12.8. The van der Waals surface area contributed by atoms with Crippen molar-refractivity contribution in [3.05, 3.63) is 106 Å². The van der Waals surface area contributed by atoms with Gasteiger partial charge in [0.15, 0.2) is 0 Å². The van der Waals surface area contributed by atoms with Gasteiger partial charge in [-0.2, -0.15) is 10.2 Å². The number of hydrogen-bond acceptors (Lipinski definition) is 6. The Morgan fingerprint density at radius 1 is 1.00 bits per heavy atom. The van der Waals surface area contributed by atoms with Crippen LogP contribution in [-0.4, -0.2) is 24.3 Å². The number of nitrogens with zero attached hydrogens (tertiary/aromatic N) is 6. The Kier molecular flexibility index (Phi) is 6.04. The van der Waals surface area contributed by atoms with Crippen LogP contribution in [0, 0.1) is 24.2 Å². The Morgan fingerprint density at radius 2 is 1.85 bits per heavy atom. The normalized spacial score (nSPS) is 11.5. The van der Waals surface area contributed by atoms with Crippen molar-refractivity contribution in [2.75, 3.05) is 0 Å². The maximum Gasteiger partial charge on any atom is 0.281 e. The minimum absolute atomic E-state index is 0.166. The Morgan fingerprint density at radius 3 is 2.62 bits per heavy atom. The lowest BCUT2D eigenvalue weighted by atomic mass is 10.0. The fraction of sp³-hybridized carbons (Fsp3) is 0.194. The molecule has 0 atom stereocenters. The van der Waals surface area contributed by atoms with Crippen molar-refractivity contribution in [3.63, 3.8) is 0 Å². The van der Waals surface area contributed by atoms with Gasteiger partial charge >= 0.3 is 0 Å². The van der Waals surface area contributed by atoms with Gasteiger partial charge in [0, 0.05) is 37.3 Å². The van der Waals surface area contributed by atoms with Crippen molar-refractivity contribution >= 4 is 21.8 Å². The minimum atomic E-state index is -0.166. The molecule has 0 spiro atoms. The predicted octanol–water partition coefficient (Wildman–Crippen LogP) is 5.82. The summed E-state index contributed by atoms with van der Waals surface area (Å²) in [6.07, 6.45) is 2.47. The molecule has 0 aliphatic heterocycles. The molecular formula is C31H26N6O2. The summed E-state index contributed by atoms with van der Waals surface area (Å²) in [5, 5.41) is 15.5. The number of imidazole rings is 1. The third-order valence-corrected chi connectivity index (χ3v) is 6.75. The van der Waals surface area contributed by atoms with Crippen LogP contribution < -0.4 is 5.56 Å². The SMILES string of the molecule is Cc1nc(-c2ccc3ccc(Cn4c(CC(C)C)nc5ccn(-c6cccc(C#N)c6)c(=O)c54)cc3c2)no1. The number of aromatic nitrogens is 5. The summed E-state index contributed by atoms with van der Waals surface area (Å²) in [4.78, 5) is 23.1. The molecule has 0 unspecified atom stereocenters. The fourth-order valence-corrected chi connectivity index (χ4v) is 4.94. The molecule has 0 aliphatic rings. The molecular weight excluding hydrogens is 488 g/mol. The van der Waals surface area contributed by atoms with Gasteiger partial charge in [0.25, 0.3) is 5.56 Å². The molecule has 192 valence electrons. The summed E-state index contributed by atoms with van der Waals surface area (Å²) < 4.78 is 8.78. The second-order valence-corrected chi connectivity index (χ2v) is 10.1. The molecule has 8 nitrogen and oxygen atoms in total. The second-order valence-electron chi connectivity index (χ2n) is 10.1. The van der Waals surface area contributed by atoms with Crippen molar-refractivity contribution in [1.29, 1.82) is 5.26 Å². The highest BCUT2D eigenvalue weighted by atomic mass is 16.5. The van der Waals surface area contributed by atoms with Crippen molar-refractivity contribution in [2.24, 2.45) is 5.92 Å². The van der Waals surface area contributed by atoms with E-state index in [9.17, 15) is 10.1 Å². The highest BCUT2D eigenvalue weighted by Gasteiger charge is 2.18. The Bertz CT molecular complexity index is 1950. The number of rotatable bonds is 6. The maximum atomic E-state index is 13.9. The van der Waals surface area contributed by atoms with Gasteiger partial charge in [-0.15, -0.1) is 0 Å². The van der Waals surface area contributed by atoms with Crippen LogP contribution in [0.2, 0.25) is 0 Å². The monoisotopic (exact) mass is 514 g/mol. The van der Waals surface area contributed by atoms with E-state index < -0.39 is 0 Å². The molecule has 0 radical (unpaired) electrons. The van der Waals surface area contributed by atoms with Crippen LogP contribution in [0.3, 0.4) is 0 Å². The Hall–Kier alpha value is -5.03. The van der Waals surface area contributed by atoms with E-state index in [1.54, 1.807) is 35.9 Å². The van der Waals surface area contributed by atoms with Gasteiger partial charge in [0.2, 0.25) is 11.7 Å². The zero-order chi connectivity index (χ0) is 27.1. The first kappa shape index (κ1) is 24.3. The van der Waals surface area contributed by atoms with E-state index in [-0.39, 0.29) is 5.56 Å². The summed E-state index contributed by atoms with van der Waals surface area (Å²) in [7, 11) is 0. The zero-order valence-electron chi connectivity index (χ0n) is 21.9. The molecule has 39 heavy (non-hydrogen) atoms. The lowest BCUT2D eigenvalue weighted by molar-refractivity contribution is 0.394. The molecule has 6 aromatic rings.